The van der Waals surface area contributed by atoms with E-state index in [1.807, 2.05) is 13.8 Å². The maximum Gasteiger partial charge on any atom is 0.438 e. The highest BCUT2D eigenvalue weighted by Crippen LogP contribution is 2.60. The van der Waals surface area contributed by atoms with E-state index in [1.165, 1.54) is 5.57 Å². The van der Waals surface area contributed by atoms with Gasteiger partial charge in [-0.05, 0) is 97.0 Å². The lowest BCUT2D eigenvalue weighted by Gasteiger charge is -2.45. The number of aliphatic hydroxyl groups is 1. The number of alkyl halides is 6. The number of allylic oxidation sites excluding steroid dienone is 3. The molecule has 1 N–H and O–H groups in total. The summed E-state index contributed by atoms with van der Waals surface area (Å²) in [6.45, 7) is 30.7. The van der Waals surface area contributed by atoms with Gasteiger partial charge in [0, 0.05) is 6.42 Å². The predicted octanol–water partition coefficient (Wildman–Crippen LogP) is 11.8. The number of rotatable bonds is 8. The first kappa shape index (κ1) is 43.1. The van der Waals surface area contributed by atoms with Gasteiger partial charge in [0.25, 0.3) is 0 Å². The Morgan fingerprint density at radius 1 is 0.854 bits per heavy atom. The summed E-state index contributed by atoms with van der Waals surface area (Å²) >= 11 is 0. The van der Waals surface area contributed by atoms with Crippen LogP contribution < -0.4 is 0 Å². The summed E-state index contributed by atoms with van der Waals surface area (Å²) in [7, 11) is -4.02. The zero-order valence-corrected chi connectivity index (χ0v) is 33.8. The van der Waals surface area contributed by atoms with Crippen molar-refractivity contribution < 1.29 is 40.3 Å². The van der Waals surface area contributed by atoms with Gasteiger partial charge in [-0.25, -0.2) is 0 Å². The second kappa shape index (κ2) is 14.2. The Labute approximate surface area is 289 Å². The van der Waals surface area contributed by atoms with Crippen LogP contribution in [0, 0.1) is 34.5 Å². The molecule has 48 heavy (non-hydrogen) atoms. The molecule has 0 aromatic rings. The quantitative estimate of drug-likeness (QED) is 0.154. The first-order chi connectivity index (χ1) is 21.2. The summed E-state index contributed by atoms with van der Waals surface area (Å²) in [5.74, 6) is 3.03. The Hall–Kier alpha value is -1.07. The zero-order valence-electron chi connectivity index (χ0n) is 31.8. The van der Waals surface area contributed by atoms with E-state index in [0.717, 1.165) is 38.0 Å². The summed E-state index contributed by atoms with van der Waals surface area (Å²) < 4.78 is 92.5. The molecule has 2 fully saturated rings. The van der Waals surface area contributed by atoms with Crippen molar-refractivity contribution in [3.8, 4) is 11.8 Å². The van der Waals surface area contributed by atoms with Crippen LogP contribution in [0.15, 0.2) is 23.8 Å². The minimum Gasteiger partial charge on any atom is -0.414 e. The number of halogens is 6. The molecule has 2 saturated carbocycles. The highest BCUT2D eigenvalue weighted by atomic mass is 28.4. The third-order valence-corrected chi connectivity index (χ3v) is 21.7. The first-order valence-corrected chi connectivity index (χ1v) is 23.1. The lowest BCUT2D eigenvalue weighted by atomic mass is 9.59. The van der Waals surface area contributed by atoms with Gasteiger partial charge in [-0.1, -0.05) is 99.0 Å². The van der Waals surface area contributed by atoms with Gasteiger partial charge in [-0.15, -0.1) is 0 Å². The molecular formula is C37H62F6O3Si2. The van der Waals surface area contributed by atoms with Crippen LogP contribution in [-0.4, -0.2) is 51.9 Å². The summed E-state index contributed by atoms with van der Waals surface area (Å²) in [4.78, 5) is 0. The smallest absolute Gasteiger partial charge is 0.414 e. The minimum atomic E-state index is -5.95. The third-order valence-electron chi connectivity index (χ3n) is 12.7. The minimum absolute atomic E-state index is 0.0783. The van der Waals surface area contributed by atoms with Gasteiger partial charge >= 0.3 is 18.0 Å². The molecule has 0 spiro atoms. The average molecular weight is 725 g/mol. The highest BCUT2D eigenvalue weighted by molar-refractivity contribution is 6.74. The second-order valence-corrected chi connectivity index (χ2v) is 27.8. The van der Waals surface area contributed by atoms with E-state index in [0.29, 0.717) is 0 Å². The van der Waals surface area contributed by atoms with Crippen molar-refractivity contribution in [3.05, 3.63) is 23.8 Å². The second-order valence-electron chi connectivity index (χ2n) is 18.3. The van der Waals surface area contributed by atoms with Crippen molar-refractivity contribution in [1.82, 2.24) is 0 Å². The van der Waals surface area contributed by atoms with E-state index in [2.05, 4.69) is 106 Å². The average Bonchev–Trinajstić information content (AvgIpc) is 3.09. The Morgan fingerprint density at radius 2 is 1.29 bits per heavy atom. The Morgan fingerprint density at radius 3 is 1.69 bits per heavy atom. The molecule has 11 heteroatoms. The molecule has 2 aliphatic carbocycles. The molecule has 0 saturated heterocycles. The molecule has 0 heterocycles. The zero-order chi connectivity index (χ0) is 37.6. The lowest BCUT2D eigenvalue weighted by molar-refractivity contribution is -0.343. The predicted molar refractivity (Wildman–Crippen MR) is 188 cm³/mol. The molecule has 5 atom stereocenters. The first-order valence-electron chi connectivity index (χ1n) is 17.3. The normalized spacial score (nSPS) is 27.2. The molecule has 0 radical (unpaired) electrons. The highest BCUT2D eigenvalue weighted by Gasteiger charge is 2.70. The lowest BCUT2D eigenvalue weighted by Crippen LogP contribution is -2.55. The largest absolute Gasteiger partial charge is 0.438 e. The van der Waals surface area contributed by atoms with Crippen LogP contribution in [0.4, 0.5) is 26.3 Å². The van der Waals surface area contributed by atoms with Gasteiger partial charge in [0.1, 0.15) is 0 Å². The van der Waals surface area contributed by atoms with Crippen LogP contribution in [-0.2, 0) is 8.85 Å². The van der Waals surface area contributed by atoms with Crippen LogP contribution in [0.5, 0.6) is 0 Å². The molecule has 2 aliphatic rings. The van der Waals surface area contributed by atoms with Gasteiger partial charge in [-0.3, -0.25) is 0 Å². The maximum absolute atomic E-state index is 13.1. The molecule has 0 aromatic heterocycles. The van der Waals surface area contributed by atoms with E-state index in [1.54, 1.807) is 0 Å². The van der Waals surface area contributed by atoms with Crippen LogP contribution in [0.2, 0.25) is 36.3 Å². The summed E-state index contributed by atoms with van der Waals surface area (Å²) in [6.07, 6.45) is -1.28. The van der Waals surface area contributed by atoms with Crippen molar-refractivity contribution >= 4 is 16.6 Å². The fourth-order valence-electron chi connectivity index (χ4n) is 6.60. The van der Waals surface area contributed by atoms with Crippen LogP contribution in [0.3, 0.4) is 0 Å². The van der Waals surface area contributed by atoms with Crippen LogP contribution in [0.1, 0.15) is 108 Å². The Kier molecular flexibility index (Phi) is 12.7. The summed E-state index contributed by atoms with van der Waals surface area (Å²) in [5, 5.41) is 9.62. The van der Waals surface area contributed by atoms with Gasteiger partial charge in [0.2, 0.25) is 0 Å². The van der Waals surface area contributed by atoms with Crippen LogP contribution >= 0.6 is 0 Å². The molecule has 0 unspecified atom stereocenters. The fraction of sp³-hybridized carbons (Fsp3) is 0.838. The van der Waals surface area contributed by atoms with E-state index in [-0.39, 0.29) is 46.0 Å². The third kappa shape index (κ3) is 9.23. The summed E-state index contributed by atoms with van der Waals surface area (Å²) in [5.41, 5.74) is -4.46. The van der Waals surface area contributed by atoms with Gasteiger partial charge in [-0.2, -0.15) is 26.3 Å². The molecule has 2 rings (SSSR count). The van der Waals surface area contributed by atoms with Gasteiger partial charge in [0.05, 0.1) is 12.2 Å². The molecule has 3 nitrogen and oxygen atoms in total. The molecule has 0 aliphatic heterocycles. The molecule has 0 bridgehead atoms. The maximum atomic E-state index is 13.1. The SMILES string of the molecule is C[C@H](CC#CC(O)(C(F)(F)F)C(F)(F)F)[C@@]1(C)CC[C@@H](C=CC=C2C[C@@H](O[Si](C)(C)C(C)(C)C)C[C@H](O[Si](C)(C)C(C)(C)C)C2)C1(C)C. The summed E-state index contributed by atoms with van der Waals surface area (Å²) in [6, 6.07) is 0. The fourth-order valence-corrected chi connectivity index (χ4v) is 9.33. The number of hydrogen-bond acceptors (Lipinski definition) is 3. The van der Waals surface area contributed by atoms with E-state index in [4.69, 9.17) is 8.85 Å². The number of hydrogen-bond donors (Lipinski definition) is 1. The molecular weight excluding hydrogens is 663 g/mol. The van der Waals surface area contributed by atoms with E-state index >= 15 is 0 Å². The Balaban J connectivity index is 2.29. The van der Waals surface area contributed by atoms with Crippen LogP contribution in [0.25, 0.3) is 0 Å². The monoisotopic (exact) mass is 724 g/mol. The van der Waals surface area contributed by atoms with Crippen molar-refractivity contribution in [2.24, 2.45) is 22.7 Å². The molecule has 0 aromatic carbocycles. The molecule has 0 amide bonds. The van der Waals surface area contributed by atoms with Crippen molar-refractivity contribution in [3.63, 3.8) is 0 Å². The molecule has 278 valence electrons. The topological polar surface area (TPSA) is 38.7 Å². The standard InChI is InChI=1S/C37H62F6O3Si2/c1-26(17-16-21-35(44,36(38,39)40)37(41,42)43)34(10)22-20-28(33(34,8)9)19-15-18-27-23-29(45-47(11,12)31(2,3)4)25-30(24-27)46-48(13,14)32(5,6)7/h15,18-19,26,28-30,44H,17,20,22-25H2,1-14H3/t26-,28-,29-,30-,34-/m1/s1. The van der Waals surface area contributed by atoms with Gasteiger partial charge in [0.15, 0.2) is 16.6 Å². The van der Waals surface area contributed by atoms with Gasteiger partial charge < -0.3 is 14.0 Å². The van der Waals surface area contributed by atoms with Crippen molar-refractivity contribution in [2.75, 3.05) is 0 Å². The van der Waals surface area contributed by atoms with E-state index < -0.39 is 40.0 Å². The Bertz CT molecular complexity index is 1190. The van der Waals surface area contributed by atoms with Crippen molar-refractivity contribution in [1.29, 1.82) is 0 Å². The van der Waals surface area contributed by atoms with E-state index in [9.17, 15) is 31.4 Å². The van der Waals surface area contributed by atoms with Crippen molar-refractivity contribution in [2.45, 2.75) is 174 Å².